The van der Waals surface area contributed by atoms with Gasteiger partial charge in [-0.15, -0.1) is 0 Å². The molecule has 0 aliphatic rings. The molecule has 0 spiro atoms. The minimum absolute atomic E-state index is 0.196. The van der Waals surface area contributed by atoms with Crippen LogP contribution >= 0.6 is 11.6 Å². The van der Waals surface area contributed by atoms with Crippen LogP contribution in [0.15, 0.2) is 67.0 Å². The van der Waals surface area contributed by atoms with E-state index in [9.17, 15) is 9.18 Å². The van der Waals surface area contributed by atoms with Crippen LogP contribution in [0.4, 0.5) is 4.39 Å². The van der Waals surface area contributed by atoms with Crippen LogP contribution in [-0.4, -0.2) is 27.0 Å². The average Bonchev–Trinajstić information content (AvgIpc) is 3.08. The molecule has 5 nitrogen and oxygen atoms in total. The maximum Gasteiger partial charge on any atom is 0.252 e. The van der Waals surface area contributed by atoms with Gasteiger partial charge in [-0.25, -0.2) is 9.37 Å². The van der Waals surface area contributed by atoms with Crippen LogP contribution in [0.25, 0.3) is 11.0 Å². The van der Waals surface area contributed by atoms with E-state index in [1.54, 1.807) is 30.5 Å². The predicted molar refractivity (Wildman–Crippen MR) is 111 cm³/mol. The molecule has 0 atom stereocenters. The van der Waals surface area contributed by atoms with Crippen molar-refractivity contribution in [1.82, 2.24) is 19.9 Å². The first-order valence-corrected chi connectivity index (χ1v) is 9.56. The Morgan fingerprint density at radius 2 is 1.97 bits per heavy atom. The number of imidazole rings is 1. The summed E-state index contributed by atoms with van der Waals surface area (Å²) in [6.07, 6.45) is 3.63. The Morgan fingerprint density at radius 1 is 1.10 bits per heavy atom. The number of benzene rings is 2. The van der Waals surface area contributed by atoms with Gasteiger partial charge in [0.15, 0.2) is 0 Å². The largest absolute Gasteiger partial charge is 0.352 e. The number of hydrogen-bond donors (Lipinski definition) is 1. The van der Waals surface area contributed by atoms with E-state index in [1.165, 1.54) is 12.3 Å². The van der Waals surface area contributed by atoms with Crippen LogP contribution in [0, 0.1) is 5.82 Å². The standard InChI is InChI=1S/C22H18ClFN4O/c23-17-6-3-7-18(24)16(17)14-28-20-9-2-1-8-19(20)27-21(28)10-12-26-22(29)15-5-4-11-25-13-15/h1-9,11,13H,10,12,14H2,(H,26,29). The van der Waals surface area contributed by atoms with Crippen LogP contribution < -0.4 is 5.32 Å². The third kappa shape index (κ3) is 4.12. The fourth-order valence-corrected chi connectivity index (χ4v) is 3.44. The highest BCUT2D eigenvalue weighted by Gasteiger charge is 2.15. The van der Waals surface area contributed by atoms with Gasteiger partial charge in [0.1, 0.15) is 11.6 Å². The van der Waals surface area contributed by atoms with E-state index in [0.29, 0.717) is 29.1 Å². The summed E-state index contributed by atoms with van der Waals surface area (Å²) in [5.74, 6) is 0.195. The third-order valence-electron chi connectivity index (χ3n) is 4.67. The molecule has 0 aliphatic carbocycles. The molecule has 2 aromatic carbocycles. The predicted octanol–water partition coefficient (Wildman–Crippen LogP) is 4.24. The van der Waals surface area contributed by atoms with Crippen molar-refractivity contribution in [2.45, 2.75) is 13.0 Å². The van der Waals surface area contributed by atoms with Gasteiger partial charge >= 0.3 is 0 Å². The molecule has 2 heterocycles. The van der Waals surface area contributed by atoms with Crippen molar-refractivity contribution in [2.75, 3.05) is 6.54 Å². The maximum absolute atomic E-state index is 14.3. The zero-order valence-electron chi connectivity index (χ0n) is 15.5. The number of rotatable bonds is 6. The number of nitrogens with one attached hydrogen (secondary N) is 1. The molecular formula is C22H18ClFN4O. The molecule has 2 aromatic heterocycles. The Balaban J connectivity index is 1.58. The minimum atomic E-state index is -0.355. The second-order valence-electron chi connectivity index (χ2n) is 6.55. The third-order valence-corrected chi connectivity index (χ3v) is 5.02. The van der Waals surface area contributed by atoms with Crippen LogP contribution in [-0.2, 0) is 13.0 Å². The van der Waals surface area contributed by atoms with Crippen LogP contribution in [0.2, 0.25) is 5.02 Å². The summed E-state index contributed by atoms with van der Waals surface area (Å²) in [6, 6.07) is 15.7. The lowest BCUT2D eigenvalue weighted by molar-refractivity contribution is 0.0953. The second-order valence-corrected chi connectivity index (χ2v) is 6.96. The average molecular weight is 409 g/mol. The molecule has 0 bridgehead atoms. The van der Waals surface area contributed by atoms with Gasteiger partial charge in [0, 0.05) is 35.9 Å². The molecular weight excluding hydrogens is 391 g/mol. The minimum Gasteiger partial charge on any atom is -0.352 e. The SMILES string of the molecule is O=C(NCCc1nc2ccccc2n1Cc1c(F)cccc1Cl)c1cccnc1. The summed E-state index contributed by atoms with van der Waals surface area (Å²) in [5.41, 5.74) is 2.62. The molecule has 0 fully saturated rings. The van der Waals surface area contributed by atoms with Crippen molar-refractivity contribution in [2.24, 2.45) is 0 Å². The van der Waals surface area contributed by atoms with E-state index in [4.69, 9.17) is 11.6 Å². The van der Waals surface area contributed by atoms with Crippen LogP contribution in [0.5, 0.6) is 0 Å². The molecule has 4 rings (SSSR count). The molecule has 4 aromatic rings. The normalized spacial score (nSPS) is 11.0. The van der Waals surface area contributed by atoms with Crippen molar-refractivity contribution < 1.29 is 9.18 Å². The number of pyridine rings is 1. The molecule has 7 heteroatoms. The fourth-order valence-electron chi connectivity index (χ4n) is 3.22. The maximum atomic E-state index is 14.3. The Morgan fingerprint density at radius 3 is 2.76 bits per heavy atom. The number of halogens is 2. The van der Waals surface area contributed by atoms with E-state index in [1.807, 2.05) is 28.8 Å². The highest BCUT2D eigenvalue weighted by Crippen LogP contribution is 2.24. The van der Waals surface area contributed by atoms with E-state index in [-0.39, 0.29) is 18.3 Å². The van der Waals surface area contributed by atoms with E-state index in [2.05, 4.69) is 15.3 Å². The first-order valence-electron chi connectivity index (χ1n) is 9.19. The summed E-state index contributed by atoms with van der Waals surface area (Å²) < 4.78 is 16.3. The summed E-state index contributed by atoms with van der Waals surface area (Å²) in [4.78, 5) is 20.9. The number of aromatic nitrogens is 3. The summed E-state index contributed by atoms with van der Waals surface area (Å²) >= 11 is 6.23. The smallest absolute Gasteiger partial charge is 0.252 e. The van der Waals surface area contributed by atoms with E-state index >= 15 is 0 Å². The second kappa shape index (κ2) is 8.41. The number of carbonyl (C=O) groups is 1. The monoisotopic (exact) mass is 408 g/mol. The van der Waals surface area contributed by atoms with Gasteiger partial charge in [-0.05, 0) is 36.4 Å². The molecule has 0 saturated heterocycles. The first kappa shape index (κ1) is 19.1. The summed E-state index contributed by atoms with van der Waals surface area (Å²) in [5, 5.41) is 3.25. The number of nitrogens with zero attached hydrogens (tertiary/aromatic N) is 3. The number of fused-ring (bicyclic) bond motifs is 1. The van der Waals surface area contributed by atoms with Gasteiger partial charge in [0.2, 0.25) is 0 Å². The fraction of sp³-hybridized carbons (Fsp3) is 0.136. The highest BCUT2D eigenvalue weighted by atomic mass is 35.5. The molecule has 146 valence electrons. The zero-order chi connectivity index (χ0) is 20.2. The summed E-state index contributed by atoms with van der Waals surface area (Å²) in [6.45, 7) is 0.653. The van der Waals surface area contributed by atoms with Gasteiger partial charge in [0.25, 0.3) is 5.91 Å². The van der Waals surface area contributed by atoms with E-state index < -0.39 is 0 Å². The van der Waals surface area contributed by atoms with Crippen molar-refractivity contribution in [3.63, 3.8) is 0 Å². The Bertz CT molecular complexity index is 1140. The number of amides is 1. The van der Waals surface area contributed by atoms with Gasteiger partial charge in [-0.1, -0.05) is 29.8 Å². The highest BCUT2D eigenvalue weighted by molar-refractivity contribution is 6.31. The summed E-state index contributed by atoms with van der Waals surface area (Å²) in [7, 11) is 0. The van der Waals surface area contributed by atoms with Crippen molar-refractivity contribution in [3.8, 4) is 0 Å². The number of hydrogen-bond acceptors (Lipinski definition) is 3. The van der Waals surface area contributed by atoms with Crippen molar-refractivity contribution >= 4 is 28.5 Å². The lowest BCUT2D eigenvalue weighted by Crippen LogP contribution is -2.26. The van der Waals surface area contributed by atoms with Crippen LogP contribution in [0.1, 0.15) is 21.7 Å². The first-order chi connectivity index (χ1) is 14.1. The topological polar surface area (TPSA) is 59.8 Å². The van der Waals surface area contributed by atoms with Gasteiger partial charge < -0.3 is 9.88 Å². The number of carbonyl (C=O) groups excluding carboxylic acids is 1. The van der Waals surface area contributed by atoms with Crippen molar-refractivity contribution in [3.05, 3.63) is 94.8 Å². The quantitative estimate of drug-likeness (QED) is 0.519. The molecule has 0 unspecified atom stereocenters. The van der Waals surface area contributed by atoms with E-state index in [0.717, 1.165) is 16.9 Å². The molecule has 0 aliphatic heterocycles. The molecule has 1 N–H and O–H groups in total. The van der Waals surface area contributed by atoms with Crippen LogP contribution in [0.3, 0.4) is 0 Å². The van der Waals surface area contributed by atoms with Gasteiger partial charge in [0.05, 0.1) is 23.1 Å². The molecule has 29 heavy (non-hydrogen) atoms. The Labute approximate surface area is 172 Å². The lowest BCUT2D eigenvalue weighted by Gasteiger charge is -2.12. The molecule has 0 saturated carbocycles. The lowest BCUT2D eigenvalue weighted by atomic mass is 10.2. The zero-order valence-corrected chi connectivity index (χ0v) is 16.2. The van der Waals surface area contributed by atoms with Crippen molar-refractivity contribution in [1.29, 1.82) is 0 Å². The Kier molecular flexibility index (Phi) is 5.53. The molecule has 0 radical (unpaired) electrons. The molecule has 1 amide bonds. The number of para-hydroxylation sites is 2. The Hall–Kier alpha value is -3.25. The van der Waals surface area contributed by atoms with Gasteiger partial charge in [-0.2, -0.15) is 0 Å². The van der Waals surface area contributed by atoms with Gasteiger partial charge in [-0.3, -0.25) is 9.78 Å².